The van der Waals surface area contributed by atoms with Gasteiger partial charge >= 0.3 is 0 Å². The number of carbonyl (C=O) groups excluding carboxylic acids is 1. The van der Waals surface area contributed by atoms with Crippen molar-refractivity contribution in [2.75, 3.05) is 13.7 Å². The van der Waals surface area contributed by atoms with Crippen molar-refractivity contribution in [3.05, 3.63) is 65.2 Å². The van der Waals surface area contributed by atoms with Gasteiger partial charge in [0, 0.05) is 6.54 Å². The largest absolute Gasteiger partial charge is 0.496 e. The fraction of sp³-hybridized carbons (Fsp3) is 0.409. The van der Waals surface area contributed by atoms with Gasteiger partial charge in [-0.05, 0) is 43.4 Å². The van der Waals surface area contributed by atoms with Crippen molar-refractivity contribution in [3.8, 4) is 5.75 Å². The van der Waals surface area contributed by atoms with Gasteiger partial charge in [0.1, 0.15) is 5.75 Å². The summed E-state index contributed by atoms with van der Waals surface area (Å²) in [5, 5.41) is 3.19. The summed E-state index contributed by atoms with van der Waals surface area (Å²) in [4.78, 5) is 13.0. The van der Waals surface area contributed by atoms with Crippen molar-refractivity contribution in [1.29, 1.82) is 0 Å². The average molecular weight is 337 g/mol. The Morgan fingerprint density at radius 1 is 1.12 bits per heavy atom. The smallest absolute Gasteiger partial charge is 0.230 e. The molecular weight excluding hydrogens is 310 g/mol. The predicted octanol–water partition coefficient (Wildman–Crippen LogP) is 4.17. The van der Waals surface area contributed by atoms with E-state index in [4.69, 9.17) is 4.74 Å². The first-order chi connectivity index (χ1) is 12.2. The van der Waals surface area contributed by atoms with Crippen molar-refractivity contribution in [2.45, 2.75) is 44.4 Å². The summed E-state index contributed by atoms with van der Waals surface area (Å²) < 4.78 is 5.43. The minimum atomic E-state index is -0.349. The average Bonchev–Trinajstić information content (AvgIpc) is 3.14. The first-order valence-electron chi connectivity index (χ1n) is 9.13. The van der Waals surface area contributed by atoms with Gasteiger partial charge in [0.15, 0.2) is 0 Å². The Balaban J connectivity index is 1.68. The molecule has 0 spiro atoms. The second-order valence-electron chi connectivity index (χ2n) is 6.98. The SMILES string of the molecule is COc1ccc(C)cc1CCNC(=O)C1(c2ccccc2)CCCC1. The van der Waals surface area contributed by atoms with Crippen LogP contribution < -0.4 is 10.1 Å². The molecule has 3 nitrogen and oxygen atoms in total. The van der Waals surface area contributed by atoms with Crippen molar-refractivity contribution in [3.63, 3.8) is 0 Å². The summed E-state index contributed by atoms with van der Waals surface area (Å²) in [6.07, 6.45) is 4.90. The lowest BCUT2D eigenvalue weighted by atomic mass is 9.78. The second-order valence-corrected chi connectivity index (χ2v) is 6.98. The molecule has 0 aliphatic heterocycles. The van der Waals surface area contributed by atoms with Crippen molar-refractivity contribution < 1.29 is 9.53 Å². The van der Waals surface area contributed by atoms with Crippen LogP contribution in [-0.4, -0.2) is 19.6 Å². The van der Waals surface area contributed by atoms with E-state index in [0.29, 0.717) is 6.54 Å². The second kappa shape index (κ2) is 7.73. The highest BCUT2D eigenvalue weighted by atomic mass is 16.5. The van der Waals surface area contributed by atoms with Gasteiger partial charge < -0.3 is 10.1 Å². The Labute approximate surface area is 150 Å². The van der Waals surface area contributed by atoms with Gasteiger partial charge in [-0.3, -0.25) is 4.79 Å². The standard InChI is InChI=1S/C22H27NO2/c1-17-10-11-20(25-2)18(16-17)12-15-23-21(24)22(13-6-7-14-22)19-8-4-3-5-9-19/h3-5,8-11,16H,6-7,12-15H2,1-2H3,(H,23,24). The summed E-state index contributed by atoms with van der Waals surface area (Å²) in [5.41, 5.74) is 3.15. The van der Waals surface area contributed by atoms with E-state index < -0.39 is 0 Å². The molecule has 2 aromatic carbocycles. The first kappa shape index (κ1) is 17.5. The van der Waals surface area contributed by atoms with Crippen LogP contribution >= 0.6 is 0 Å². The zero-order valence-electron chi connectivity index (χ0n) is 15.2. The van der Waals surface area contributed by atoms with Crippen LogP contribution in [0.4, 0.5) is 0 Å². The number of methoxy groups -OCH3 is 1. The van der Waals surface area contributed by atoms with Gasteiger partial charge in [-0.15, -0.1) is 0 Å². The molecule has 0 saturated heterocycles. The highest BCUT2D eigenvalue weighted by Crippen LogP contribution is 2.41. The molecule has 0 heterocycles. The van der Waals surface area contributed by atoms with Crippen LogP contribution in [-0.2, 0) is 16.6 Å². The van der Waals surface area contributed by atoms with E-state index in [0.717, 1.165) is 49.0 Å². The summed E-state index contributed by atoms with van der Waals surface area (Å²) in [6.45, 7) is 2.71. The Kier molecular flexibility index (Phi) is 5.42. The minimum Gasteiger partial charge on any atom is -0.496 e. The molecule has 1 saturated carbocycles. The van der Waals surface area contributed by atoms with E-state index >= 15 is 0 Å². The summed E-state index contributed by atoms with van der Waals surface area (Å²) in [6, 6.07) is 16.4. The number of amides is 1. The maximum absolute atomic E-state index is 13.0. The highest BCUT2D eigenvalue weighted by Gasteiger charge is 2.42. The Bertz CT molecular complexity index is 718. The van der Waals surface area contributed by atoms with Crippen LogP contribution in [0.1, 0.15) is 42.4 Å². The molecule has 1 fully saturated rings. The number of rotatable bonds is 6. The quantitative estimate of drug-likeness (QED) is 0.859. The number of hydrogen-bond donors (Lipinski definition) is 1. The van der Waals surface area contributed by atoms with Gasteiger partial charge in [-0.1, -0.05) is 60.9 Å². The number of carbonyl (C=O) groups is 1. The van der Waals surface area contributed by atoms with Gasteiger partial charge in [-0.2, -0.15) is 0 Å². The molecule has 0 unspecified atom stereocenters. The van der Waals surface area contributed by atoms with Crippen LogP contribution in [0.5, 0.6) is 5.75 Å². The predicted molar refractivity (Wildman–Crippen MR) is 101 cm³/mol. The zero-order chi connectivity index (χ0) is 17.7. The third kappa shape index (κ3) is 3.71. The Hall–Kier alpha value is -2.29. The van der Waals surface area contributed by atoms with E-state index in [9.17, 15) is 4.79 Å². The Morgan fingerprint density at radius 3 is 2.52 bits per heavy atom. The van der Waals surface area contributed by atoms with Crippen LogP contribution in [0.2, 0.25) is 0 Å². The maximum Gasteiger partial charge on any atom is 0.230 e. The van der Waals surface area contributed by atoms with E-state index in [1.54, 1.807) is 7.11 Å². The number of ether oxygens (including phenoxy) is 1. The van der Waals surface area contributed by atoms with Gasteiger partial charge in [-0.25, -0.2) is 0 Å². The summed E-state index contributed by atoms with van der Waals surface area (Å²) >= 11 is 0. The van der Waals surface area contributed by atoms with Gasteiger partial charge in [0.2, 0.25) is 5.91 Å². The summed E-state index contributed by atoms with van der Waals surface area (Å²) in [5.74, 6) is 1.06. The van der Waals surface area contributed by atoms with Crippen LogP contribution in [0, 0.1) is 6.92 Å². The lowest BCUT2D eigenvalue weighted by Crippen LogP contribution is -2.43. The van der Waals surface area contributed by atoms with E-state index in [1.165, 1.54) is 5.56 Å². The third-order valence-corrected chi connectivity index (χ3v) is 5.33. The molecule has 3 heteroatoms. The number of hydrogen-bond acceptors (Lipinski definition) is 2. The normalized spacial score (nSPS) is 15.8. The molecule has 0 radical (unpaired) electrons. The van der Waals surface area contributed by atoms with E-state index in [-0.39, 0.29) is 11.3 Å². The van der Waals surface area contributed by atoms with E-state index in [1.807, 2.05) is 30.3 Å². The Morgan fingerprint density at radius 2 is 1.84 bits per heavy atom. The molecule has 0 bridgehead atoms. The first-order valence-corrected chi connectivity index (χ1v) is 9.13. The maximum atomic E-state index is 13.0. The topological polar surface area (TPSA) is 38.3 Å². The molecule has 132 valence electrons. The molecule has 1 N–H and O–H groups in total. The fourth-order valence-corrected chi connectivity index (χ4v) is 3.97. The van der Waals surface area contributed by atoms with Crippen LogP contribution in [0.3, 0.4) is 0 Å². The zero-order valence-corrected chi connectivity index (χ0v) is 15.2. The van der Waals surface area contributed by atoms with Crippen molar-refractivity contribution in [2.24, 2.45) is 0 Å². The lowest BCUT2D eigenvalue weighted by Gasteiger charge is -2.28. The van der Waals surface area contributed by atoms with Crippen molar-refractivity contribution in [1.82, 2.24) is 5.32 Å². The van der Waals surface area contributed by atoms with Gasteiger partial charge in [0.05, 0.1) is 12.5 Å². The number of benzene rings is 2. The van der Waals surface area contributed by atoms with Crippen LogP contribution in [0.15, 0.2) is 48.5 Å². The molecule has 1 aliphatic rings. The van der Waals surface area contributed by atoms with Crippen molar-refractivity contribution >= 4 is 5.91 Å². The molecular formula is C22H27NO2. The molecule has 25 heavy (non-hydrogen) atoms. The molecule has 2 aromatic rings. The van der Waals surface area contributed by atoms with E-state index in [2.05, 4.69) is 30.4 Å². The van der Waals surface area contributed by atoms with Crippen LogP contribution in [0.25, 0.3) is 0 Å². The molecule has 0 aromatic heterocycles. The monoisotopic (exact) mass is 337 g/mol. The third-order valence-electron chi connectivity index (χ3n) is 5.33. The molecule has 0 atom stereocenters. The lowest BCUT2D eigenvalue weighted by molar-refractivity contribution is -0.126. The number of aryl methyl sites for hydroxylation is 1. The summed E-state index contributed by atoms with van der Waals surface area (Å²) in [7, 11) is 1.69. The molecule has 3 rings (SSSR count). The molecule has 1 aliphatic carbocycles. The minimum absolute atomic E-state index is 0.169. The molecule has 1 amide bonds. The fourth-order valence-electron chi connectivity index (χ4n) is 3.97. The van der Waals surface area contributed by atoms with Gasteiger partial charge in [0.25, 0.3) is 0 Å². The highest BCUT2D eigenvalue weighted by molar-refractivity contribution is 5.88. The number of nitrogens with one attached hydrogen (secondary N) is 1.